The van der Waals surface area contributed by atoms with Crippen LogP contribution >= 0.6 is 11.8 Å². The molecule has 0 aliphatic carbocycles. The van der Waals surface area contributed by atoms with Crippen LogP contribution in [0.4, 0.5) is 0 Å². The number of piperazine rings is 1. The molecule has 6 nitrogen and oxygen atoms in total. The minimum atomic E-state index is -0.0470. The third-order valence-corrected chi connectivity index (χ3v) is 7.13. The Hall–Kier alpha value is -2.25. The third kappa shape index (κ3) is 4.21. The van der Waals surface area contributed by atoms with E-state index in [4.69, 9.17) is 4.42 Å². The van der Waals surface area contributed by atoms with E-state index in [-0.39, 0.29) is 22.4 Å². The molecule has 0 spiro atoms. The number of thioether (sulfide) groups is 1. The van der Waals surface area contributed by atoms with Crippen LogP contribution in [0.3, 0.4) is 0 Å². The average Bonchev–Trinajstić information content (AvgIpc) is 3.36. The van der Waals surface area contributed by atoms with Crippen LogP contribution in [-0.2, 0) is 4.79 Å². The Morgan fingerprint density at radius 3 is 2.55 bits per heavy atom. The number of amides is 2. The number of hydrogen-bond acceptors (Lipinski definition) is 5. The number of hydrogen-bond donors (Lipinski definition) is 0. The van der Waals surface area contributed by atoms with E-state index in [0.717, 1.165) is 19.6 Å². The van der Waals surface area contributed by atoms with Gasteiger partial charge in [-0.1, -0.05) is 24.3 Å². The second-order valence-electron chi connectivity index (χ2n) is 7.63. The maximum Gasteiger partial charge on any atom is 0.289 e. The van der Waals surface area contributed by atoms with Crippen molar-refractivity contribution in [1.29, 1.82) is 0 Å². The zero-order valence-corrected chi connectivity index (χ0v) is 17.7. The smallest absolute Gasteiger partial charge is 0.289 e. The summed E-state index contributed by atoms with van der Waals surface area (Å²) in [6, 6.07) is 11.8. The number of benzene rings is 1. The van der Waals surface area contributed by atoms with Crippen LogP contribution in [0.5, 0.6) is 0 Å². The van der Waals surface area contributed by atoms with Crippen molar-refractivity contribution < 1.29 is 14.0 Å². The van der Waals surface area contributed by atoms with Gasteiger partial charge < -0.3 is 14.2 Å². The van der Waals surface area contributed by atoms with Gasteiger partial charge in [-0.15, -0.1) is 11.8 Å². The fraction of sp³-hybridized carbons (Fsp3) is 0.455. The van der Waals surface area contributed by atoms with Crippen molar-refractivity contribution >= 4 is 23.6 Å². The molecule has 2 aliphatic rings. The van der Waals surface area contributed by atoms with Crippen molar-refractivity contribution in [2.24, 2.45) is 0 Å². The average molecular weight is 414 g/mol. The first-order chi connectivity index (χ1) is 14.0. The van der Waals surface area contributed by atoms with E-state index in [0.29, 0.717) is 25.4 Å². The molecule has 154 valence electrons. The Morgan fingerprint density at radius 2 is 1.86 bits per heavy atom. The first-order valence-electron chi connectivity index (χ1n) is 10.1. The van der Waals surface area contributed by atoms with Gasteiger partial charge in [0, 0.05) is 39.3 Å². The van der Waals surface area contributed by atoms with Crippen LogP contribution in [-0.4, -0.2) is 71.0 Å². The normalized spacial score (nSPS) is 23.0. The van der Waals surface area contributed by atoms with Crippen LogP contribution < -0.4 is 0 Å². The van der Waals surface area contributed by atoms with Crippen molar-refractivity contribution in [3.8, 4) is 0 Å². The molecule has 2 saturated heterocycles. The molecule has 0 saturated carbocycles. The SMILES string of the molecule is Cc1ccccc1C1SC(C)C(=O)N1CCN1CCN(C(=O)c2ccco2)CC1. The summed E-state index contributed by atoms with van der Waals surface area (Å²) in [6.45, 7) is 8.62. The Kier molecular flexibility index (Phi) is 5.96. The number of aryl methyl sites for hydroxylation is 1. The van der Waals surface area contributed by atoms with Crippen LogP contribution in [0.25, 0.3) is 0 Å². The maximum atomic E-state index is 12.8. The minimum absolute atomic E-state index is 0.0117. The van der Waals surface area contributed by atoms with E-state index in [1.165, 1.54) is 17.4 Å². The van der Waals surface area contributed by atoms with E-state index >= 15 is 0 Å². The Labute approximate surface area is 175 Å². The highest BCUT2D eigenvalue weighted by Gasteiger charge is 2.39. The van der Waals surface area contributed by atoms with Gasteiger partial charge >= 0.3 is 0 Å². The van der Waals surface area contributed by atoms with Gasteiger partial charge in [0.05, 0.1) is 11.5 Å². The van der Waals surface area contributed by atoms with Gasteiger partial charge in [0.25, 0.3) is 5.91 Å². The summed E-state index contributed by atoms with van der Waals surface area (Å²) in [6.07, 6.45) is 1.53. The molecule has 1 aromatic carbocycles. The van der Waals surface area contributed by atoms with Crippen molar-refractivity contribution in [1.82, 2.24) is 14.7 Å². The summed E-state index contributed by atoms with van der Waals surface area (Å²) in [7, 11) is 0. The van der Waals surface area contributed by atoms with Crippen molar-refractivity contribution in [2.45, 2.75) is 24.5 Å². The molecule has 0 bridgehead atoms. The molecule has 1 aromatic heterocycles. The number of carbonyl (C=O) groups is 2. The summed E-state index contributed by atoms with van der Waals surface area (Å²) in [5, 5.41) is 0.0721. The highest BCUT2D eigenvalue weighted by molar-refractivity contribution is 8.01. The van der Waals surface area contributed by atoms with Gasteiger partial charge in [-0.05, 0) is 37.1 Å². The lowest BCUT2D eigenvalue weighted by Crippen LogP contribution is -2.50. The summed E-state index contributed by atoms with van der Waals surface area (Å²) in [5.41, 5.74) is 2.45. The number of nitrogens with zero attached hydrogens (tertiary/aromatic N) is 3. The molecule has 29 heavy (non-hydrogen) atoms. The van der Waals surface area contributed by atoms with E-state index < -0.39 is 0 Å². The van der Waals surface area contributed by atoms with Crippen LogP contribution in [0.15, 0.2) is 47.1 Å². The second kappa shape index (κ2) is 8.63. The highest BCUT2D eigenvalue weighted by Crippen LogP contribution is 2.43. The Bertz CT molecular complexity index is 862. The van der Waals surface area contributed by atoms with E-state index in [1.807, 2.05) is 28.9 Å². The topological polar surface area (TPSA) is 57.0 Å². The van der Waals surface area contributed by atoms with E-state index in [1.54, 1.807) is 23.9 Å². The Morgan fingerprint density at radius 1 is 1.10 bits per heavy atom. The van der Waals surface area contributed by atoms with Crippen molar-refractivity contribution in [3.05, 3.63) is 59.5 Å². The van der Waals surface area contributed by atoms with Gasteiger partial charge in [0.1, 0.15) is 5.37 Å². The van der Waals surface area contributed by atoms with Crippen LogP contribution in [0, 0.1) is 6.92 Å². The lowest BCUT2D eigenvalue weighted by molar-refractivity contribution is -0.130. The molecule has 2 atom stereocenters. The minimum Gasteiger partial charge on any atom is -0.459 e. The summed E-state index contributed by atoms with van der Waals surface area (Å²) in [4.78, 5) is 31.4. The van der Waals surface area contributed by atoms with Crippen molar-refractivity contribution in [3.63, 3.8) is 0 Å². The van der Waals surface area contributed by atoms with Crippen molar-refractivity contribution in [2.75, 3.05) is 39.3 Å². The van der Waals surface area contributed by atoms with Gasteiger partial charge in [0.2, 0.25) is 5.91 Å². The van der Waals surface area contributed by atoms with Crippen LogP contribution in [0.1, 0.15) is 34.0 Å². The number of rotatable bonds is 5. The first-order valence-corrected chi connectivity index (χ1v) is 11.1. The molecular weight excluding hydrogens is 386 g/mol. The Balaban J connectivity index is 1.34. The zero-order valence-electron chi connectivity index (χ0n) is 16.9. The van der Waals surface area contributed by atoms with Crippen LogP contribution in [0.2, 0.25) is 0 Å². The van der Waals surface area contributed by atoms with Gasteiger partial charge in [-0.25, -0.2) is 0 Å². The molecule has 0 radical (unpaired) electrons. The predicted octanol–water partition coefficient (Wildman–Crippen LogP) is 3.01. The standard InChI is InChI=1S/C22H27N3O3S/c1-16-6-3-4-7-18(16)22-25(20(26)17(2)29-22)14-11-23-9-12-24(13-10-23)21(27)19-8-5-15-28-19/h3-8,15,17,22H,9-14H2,1-2H3. The molecular formula is C22H27N3O3S. The largest absolute Gasteiger partial charge is 0.459 e. The lowest BCUT2D eigenvalue weighted by atomic mass is 10.1. The van der Waals surface area contributed by atoms with Gasteiger partial charge in [0.15, 0.2) is 5.76 Å². The predicted molar refractivity (Wildman–Crippen MR) is 114 cm³/mol. The molecule has 2 unspecified atom stereocenters. The summed E-state index contributed by atoms with van der Waals surface area (Å²) < 4.78 is 5.22. The maximum absolute atomic E-state index is 12.8. The van der Waals surface area contributed by atoms with E-state index in [2.05, 4.69) is 24.0 Å². The fourth-order valence-corrected chi connectivity index (χ4v) is 5.39. The quantitative estimate of drug-likeness (QED) is 0.754. The van der Waals surface area contributed by atoms with E-state index in [9.17, 15) is 9.59 Å². The molecule has 2 amide bonds. The van der Waals surface area contributed by atoms with Gasteiger partial charge in [-0.2, -0.15) is 0 Å². The zero-order chi connectivity index (χ0) is 20.4. The third-order valence-electron chi connectivity index (χ3n) is 5.75. The molecule has 2 aliphatic heterocycles. The lowest BCUT2D eigenvalue weighted by Gasteiger charge is -2.35. The number of furan rings is 1. The first kappa shape index (κ1) is 20.0. The monoisotopic (exact) mass is 413 g/mol. The highest BCUT2D eigenvalue weighted by atomic mass is 32.2. The van der Waals surface area contributed by atoms with Gasteiger partial charge in [-0.3, -0.25) is 14.5 Å². The number of carbonyl (C=O) groups excluding carboxylic acids is 2. The molecule has 4 rings (SSSR count). The molecule has 7 heteroatoms. The molecule has 2 fully saturated rings. The summed E-state index contributed by atoms with van der Waals surface area (Å²) in [5.74, 6) is 0.567. The second-order valence-corrected chi connectivity index (χ2v) is 9.06. The molecule has 2 aromatic rings. The fourth-order valence-electron chi connectivity index (χ4n) is 3.99. The summed E-state index contributed by atoms with van der Waals surface area (Å²) >= 11 is 1.73. The molecule has 3 heterocycles. The molecule has 0 N–H and O–H groups in total.